The number of rotatable bonds is 12. The number of ketones is 1. The Bertz CT molecular complexity index is 5960. The van der Waals surface area contributed by atoms with Crippen LogP contribution in [-0.2, 0) is 87.4 Å². The number of nitro benzene ring substituents is 2. The zero-order chi connectivity index (χ0) is 101. The molecule has 9 amide bonds. The summed E-state index contributed by atoms with van der Waals surface area (Å²) < 4.78 is 21.4. The molecule has 42 heteroatoms. The van der Waals surface area contributed by atoms with Crippen LogP contribution in [0.1, 0.15) is 187 Å². The third kappa shape index (κ3) is 31.6. The van der Waals surface area contributed by atoms with Crippen LogP contribution in [0.15, 0.2) is 149 Å². The summed E-state index contributed by atoms with van der Waals surface area (Å²) in [6, 6.07) is 38.0. The van der Waals surface area contributed by atoms with E-state index in [4.69, 9.17) is 40.9 Å². The van der Waals surface area contributed by atoms with E-state index in [0.717, 1.165) is 97.4 Å². The van der Waals surface area contributed by atoms with E-state index in [9.17, 15) is 68.2 Å². The van der Waals surface area contributed by atoms with Crippen LogP contribution in [0.25, 0.3) is 5.57 Å². The summed E-state index contributed by atoms with van der Waals surface area (Å²) >= 11 is 10.4. The fraction of sp³-hybridized carbons (Fsp3) is 0.414. The number of anilines is 6. The number of nitrogen functional groups attached to an aromatic ring is 1. The molecular formula is C99H122ClIN17O18PdS4-. The Balaban J connectivity index is 0.000000205. The van der Waals surface area contributed by atoms with Gasteiger partial charge in [-0.05, 0) is 273 Å². The number of non-ortho nitro benzene ring substituents is 2. The summed E-state index contributed by atoms with van der Waals surface area (Å²) in [5.41, 5.74) is 16.9. The zero-order valence-corrected chi connectivity index (χ0v) is 88.9. The number of nitrogens with zero attached hydrogens (tertiary/aromatic N) is 6. The molecule has 13 N–H and O–H groups in total. The Kier molecular flexibility index (Phi) is 41.2. The fourth-order valence-electron chi connectivity index (χ4n) is 17.1. The second kappa shape index (κ2) is 50.5. The van der Waals surface area contributed by atoms with Crippen molar-refractivity contribution in [2.45, 2.75) is 175 Å². The van der Waals surface area contributed by atoms with Crippen LogP contribution in [0.4, 0.5) is 64.7 Å². The molecule has 10 aliphatic heterocycles. The van der Waals surface area contributed by atoms with Gasteiger partial charge < -0.3 is 94.4 Å². The van der Waals surface area contributed by atoms with Crippen molar-refractivity contribution in [1.82, 2.24) is 24.9 Å². The normalized spacial score (nSPS) is 19.0. The van der Waals surface area contributed by atoms with Crippen LogP contribution < -0.4 is 42.9 Å². The first-order valence-corrected chi connectivity index (χ1v) is 49.2. The van der Waals surface area contributed by atoms with Crippen LogP contribution in [-0.4, -0.2) is 200 Å². The van der Waals surface area contributed by atoms with Gasteiger partial charge in [-0.3, -0.25) is 54.4 Å². The van der Waals surface area contributed by atoms with Crippen molar-refractivity contribution < 1.29 is 97.2 Å². The average molecular weight is 2240 g/mol. The number of fused-ring (bicyclic) bond motifs is 5. The minimum absolute atomic E-state index is 0. The van der Waals surface area contributed by atoms with E-state index in [0.29, 0.717) is 121 Å². The summed E-state index contributed by atoms with van der Waals surface area (Å²) in [6.45, 7) is 27.5. The average Bonchev–Trinajstić information content (AvgIpc) is 1.58. The van der Waals surface area contributed by atoms with E-state index in [-0.39, 0.29) is 160 Å². The Morgan fingerprint density at radius 3 is 1.33 bits per heavy atom. The molecule has 8 aromatic rings. The predicted octanol–water partition coefficient (Wildman–Crippen LogP) is 19.0. The van der Waals surface area contributed by atoms with Gasteiger partial charge in [-0.15, -0.1) is 69.7 Å². The monoisotopic (exact) mass is 2230 g/mol. The van der Waals surface area contributed by atoms with Crippen molar-refractivity contribution in [3.8, 4) is 0 Å². The van der Waals surface area contributed by atoms with E-state index >= 15 is 0 Å². The smallest absolute Gasteiger partial charge is 0.410 e. The number of hydrogen-bond donors (Lipinski definition) is 11. The molecule has 0 aliphatic carbocycles. The summed E-state index contributed by atoms with van der Waals surface area (Å²) in [7, 11) is 0. The number of carbonyl (C=O) groups excluding carboxylic acids is 10. The molecule has 35 nitrogen and oxygen atoms in total. The van der Waals surface area contributed by atoms with Crippen molar-refractivity contribution in [3.63, 3.8) is 0 Å². The number of amides is 9. The molecule has 0 bridgehead atoms. The van der Waals surface area contributed by atoms with Crippen LogP contribution in [0, 0.1) is 61.6 Å². The van der Waals surface area contributed by atoms with E-state index in [2.05, 4.69) is 61.1 Å². The number of ether oxygens (including phenoxy) is 4. The number of nitro groups is 2. The Labute approximate surface area is 872 Å². The minimum Gasteiger partial charge on any atom is -0.444 e. The fourth-order valence-corrected chi connectivity index (χ4v) is 19.6. The zero-order valence-electron chi connectivity index (χ0n) is 81.0. The summed E-state index contributed by atoms with van der Waals surface area (Å²) in [5.74, 6) is -0.245. The standard InChI is InChI=1S/C23H27N3O3S.C18H19N3OS.C17H19N3O5.C17H23N3O3.C9H15NO3.C8H6N2O3.C6H7NS2.CH3.ClH2N.HI.Pd/c1-23(2,3)29-22(28)26-9-8-15(13-26)20-16-11-14(6-7-18(16)25-21(20)27)12-17(24)19-5-4-10-30-19;19-14(16-2-1-7-23-16)9-11-3-4-15-13(8-11)17(18(22)21-15)12-5-6-20-10-12;1-17(2,3)25-16(22)19-7-6-10(9-19)14-12-8-11(20(23)24)4-5-13(12)18-15(14)21;1-17(2,3)23-16(22)20-7-6-10(9-20)14-12-8-11(18)4-5-13(12)19-15(14)21;1-9(2,3)13-8(12)10-5-4-7(11)6-10;11-8-4-5-3-6(10(12)13)1-2-7(5)9-8;1-8-6(7)5-3-2-4-9-5;;1-2;;/h4-7,10-11,15,20,24H,8-9,12-13H2,1-3H3,(H,25,27);1-4,7-8,12,17,19-20H,5-6,9-10H2,(H,21,22);4-5,8H,6-7,9H2,1-3H3,(H,18,21);4-5,8,10,14H,6-7,9,18H2,1-3H3,(H,19,21);4-6H2,1-3H3;1-3H,4H2,(H,9,11);2-4,7H,1H3;1H3;2H2;1H;/q;;;;;;;-1;;;/b;;14-10-;;;;;;;;. The maximum absolute atomic E-state index is 12.8. The molecule has 141 heavy (non-hydrogen) atoms. The number of carbonyl (C=O) groups is 10. The number of thioether (sulfide) groups is 1. The quantitative estimate of drug-likeness (QED) is 0.00462. The van der Waals surface area contributed by atoms with E-state index in [1.165, 1.54) is 51.9 Å². The summed E-state index contributed by atoms with van der Waals surface area (Å²) in [4.78, 5) is 150. The maximum Gasteiger partial charge on any atom is 0.410 e. The van der Waals surface area contributed by atoms with Crippen LogP contribution in [0.5, 0.6) is 0 Å². The number of nitrogens with one attached hydrogen (secondary N) is 9. The van der Waals surface area contributed by atoms with E-state index in [1.807, 2.05) is 158 Å². The first-order valence-electron chi connectivity index (χ1n) is 44.9. The van der Waals surface area contributed by atoms with Crippen molar-refractivity contribution in [3.05, 3.63) is 230 Å². The SMILES string of the molecule is CC(C)(C)OC(=O)N1CC/C(=C2/C(=O)Nc3ccc([N+](=O)[O-])cc32)C1.CC(C)(C)OC(=O)N1CCC(=O)C1.CC(C)(C)OC(=O)N1CCC(C2C(=O)Nc3ccc(CC(=N)c4cccs4)cc32)C1.CC(C)(C)OC(=O)N1CCC(C2C(=O)Nc3ccc(N)cc32)C1.CSC(=N)c1cccs1.I.N=C(Cc1ccc2c(c1)C(C1CCNC1)C(=O)N2)c1cccs1.NCl.O=C1Cc2cc([N+](=O)[O-])ccc2N1.[CH3-].[Pd]. The van der Waals surface area contributed by atoms with Gasteiger partial charge in [-0.25, -0.2) is 24.4 Å². The molecule has 6 unspecified atom stereocenters. The first-order chi connectivity index (χ1) is 65.2. The topological polar surface area (TPSA) is 503 Å². The number of benzene rings is 5. The molecule has 5 fully saturated rings. The molecule has 3 aromatic heterocycles. The van der Waals surface area contributed by atoms with Gasteiger partial charge in [0.1, 0.15) is 27.4 Å². The van der Waals surface area contributed by atoms with Gasteiger partial charge >= 0.3 is 24.4 Å². The largest absolute Gasteiger partial charge is 0.444 e. The van der Waals surface area contributed by atoms with Gasteiger partial charge in [0.05, 0.1) is 62.4 Å². The second-order valence-electron chi connectivity index (χ2n) is 38.2. The molecule has 18 rings (SSSR count). The van der Waals surface area contributed by atoms with E-state index < -0.39 is 44.4 Å². The molecule has 6 atom stereocenters. The van der Waals surface area contributed by atoms with Crippen LogP contribution in [0.2, 0.25) is 0 Å². The van der Waals surface area contributed by atoms with Crippen molar-refractivity contribution in [2.75, 3.05) is 104 Å². The van der Waals surface area contributed by atoms with Crippen molar-refractivity contribution in [2.24, 2.45) is 23.0 Å². The Hall–Kier alpha value is -11.4. The first kappa shape index (κ1) is 115. The number of Topliss-reactive ketones (excluding diaryl/α,β-unsaturated/α-hetero) is 1. The molecule has 10 aliphatic rings. The van der Waals surface area contributed by atoms with Crippen molar-refractivity contribution >= 4 is 209 Å². The molecule has 0 spiro atoms. The molecule has 0 saturated carbocycles. The Morgan fingerprint density at radius 2 is 0.915 bits per heavy atom. The third-order valence-electron chi connectivity index (χ3n) is 23.2. The van der Waals surface area contributed by atoms with Gasteiger partial charge in [0.25, 0.3) is 17.3 Å². The molecule has 5 saturated heterocycles. The number of hydrogen-bond acceptors (Lipinski definition) is 28. The Morgan fingerprint density at radius 1 is 0.504 bits per heavy atom. The van der Waals surface area contributed by atoms with Crippen molar-refractivity contribution in [1.29, 1.82) is 16.2 Å². The third-order valence-corrected chi connectivity index (χ3v) is 26.7. The molecule has 760 valence electrons. The van der Waals surface area contributed by atoms with Gasteiger partial charge in [-0.2, -0.15) is 0 Å². The van der Waals surface area contributed by atoms with Crippen LogP contribution in [0.3, 0.4) is 0 Å². The molecule has 5 aromatic carbocycles. The molecule has 13 heterocycles. The number of nitrogens with two attached hydrogens (primary N) is 2. The molecular weight excluding hydrogens is 2110 g/mol. The van der Waals surface area contributed by atoms with Gasteiger partial charge in [0, 0.05) is 159 Å². The molecule has 0 radical (unpaired) electrons. The number of likely N-dealkylation sites (tertiary alicyclic amines) is 4. The van der Waals surface area contributed by atoms with Gasteiger partial charge in [0.15, 0.2) is 5.78 Å². The summed E-state index contributed by atoms with van der Waals surface area (Å²) in [5, 5.41) is 73.5. The predicted molar refractivity (Wildman–Crippen MR) is 561 cm³/mol. The van der Waals surface area contributed by atoms with Gasteiger partial charge in [-0.1, -0.05) is 42.5 Å². The second-order valence-corrected chi connectivity index (χ2v) is 41.8. The number of thiophene rings is 3. The summed E-state index contributed by atoms with van der Waals surface area (Å²) in [6.07, 6.45) is 5.43. The van der Waals surface area contributed by atoms with Gasteiger partial charge in [0.2, 0.25) is 23.6 Å². The van der Waals surface area contributed by atoms with E-state index in [1.54, 1.807) is 76.7 Å². The minimum atomic E-state index is -0.592. The number of halogens is 2. The van der Waals surface area contributed by atoms with Crippen LogP contribution >= 0.6 is 81.5 Å². The maximum atomic E-state index is 12.8.